The molecule has 2 heteroatoms. The fourth-order valence-electron chi connectivity index (χ4n) is 7.47. The highest BCUT2D eigenvalue weighted by molar-refractivity contribution is 7.27. The van der Waals surface area contributed by atoms with Gasteiger partial charge in [0.2, 0.25) is 0 Å². The van der Waals surface area contributed by atoms with Crippen LogP contribution in [0, 0.1) is 0 Å². The van der Waals surface area contributed by atoms with Gasteiger partial charge in [-0.15, -0.1) is 11.3 Å². The Balaban J connectivity index is 1.35. The van der Waals surface area contributed by atoms with Gasteiger partial charge >= 0.3 is 0 Å². The first kappa shape index (κ1) is 26.2. The van der Waals surface area contributed by atoms with Gasteiger partial charge in [0.05, 0.1) is 16.1 Å². The Morgan fingerprint density at radius 1 is 0.467 bits per heavy atom. The number of nitrogens with zero attached hydrogens (tertiary/aromatic N) is 1. The number of rotatable bonds is 4. The molecular weight excluding hydrogens is 563 g/mol. The molecule has 0 spiro atoms. The molecule has 1 aliphatic carbocycles. The van der Waals surface area contributed by atoms with E-state index in [0.717, 1.165) is 0 Å². The van der Waals surface area contributed by atoms with Gasteiger partial charge in [0.15, 0.2) is 0 Å². The van der Waals surface area contributed by atoms with Crippen molar-refractivity contribution in [3.8, 4) is 22.3 Å². The highest BCUT2D eigenvalue weighted by Gasteiger charge is 2.35. The summed E-state index contributed by atoms with van der Waals surface area (Å²) < 4.78 is 2.64. The van der Waals surface area contributed by atoms with Crippen molar-refractivity contribution < 1.29 is 0 Å². The molecular formula is C43H31NS. The van der Waals surface area contributed by atoms with Crippen LogP contribution in [0.3, 0.4) is 0 Å². The average Bonchev–Trinajstić information content (AvgIpc) is 3.59. The molecule has 0 bridgehead atoms. The largest absolute Gasteiger partial charge is 0.308 e. The second-order valence-electron chi connectivity index (χ2n) is 12.5. The summed E-state index contributed by atoms with van der Waals surface area (Å²) in [6.45, 7) is 4.70. The SMILES string of the molecule is CC1(C)c2ccccc2-c2cc(N(c3ccccc3-c3ccccc3)c3cccc4c3sc3c5ccccc5ccc43)ccc21. The molecule has 1 heterocycles. The van der Waals surface area contributed by atoms with Crippen molar-refractivity contribution >= 4 is 59.3 Å². The fraction of sp³-hybridized carbons (Fsp3) is 0.0698. The predicted octanol–water partition coefficient (Wildman–Crippen LogP) is 12.7. The molecule has 0 amide bonds. The van der Waals surface area contributed by atoms with Crippen LogP contribution in [-0.4, -0.2) is 0 Å². The Kier molecular flexibility index (Phi) is 5.78. The molecule has 1 aliphatic rings. The van der Waals surface area contributed by atoms with E-state index in [0.29, 0.717) is 0 Å². The minimum Gasteiger partial charge on any atom is -0.308 e. The Morgan fingerprint density at radius 2 is 1.13 bits per heavy atom. The first-order valence-electron chi connectivity index (χ1n) is 15.6. The Labute approximate surface area is 267 Å². The molecule has 0 unspecified atom stereocenters. The smallest absolute Gasteiger partial charge is 0.0640 e. The van der Waals surface area contributed by atoms with Gasteiger partial charge in [-0.3, -0.25) is 0 Å². The van der Waals surface area contributed by atoms with Crippen LogP contribution in [0.2, 0.25) is 0 Å². The summed E-state index contributed by atoms with van der Waals surface area (Å²) in [4.78, 5) is 2.50. The maximum absolute atomic E-state index is 2.50. The molecule has 0 N–H and O–H groups in total. The van der Waals surface area contributed by atoms with Crippen molar-refractivity contribution in [3.63, 3.8) is 0 Å². The van der Waals surface area contributed by atoms with E-state index in [4.69, 9.17) is 0 Å². The molecule has 1 aromatic heterocycles. The molecule has 7 aromatic carbocycles. The predicted molar refractivity (Wildman–Crippen MR) is 195 cm³/mol. The minimum atomic E-state index is -0.0379. The quantitative estimate of drug-likeness (QED) is 0.196. The third-order valence-corrected chi connectivity index (χ3v) is 10.9. The third kappa shape index (κ3) is 3.92. The summed E-state index contributed by atoms with van der Waals surface area (Å²) in [7, 11) is 0. The number of hydrogen-bond donors (Lipinski definition) is 0. The van der Waals surface area contributed by atoms with Crippen molar-refractivity contribution in [2.45, 2.75) is 19.3 Å². The monoisotopic (exact) mass is 593 g/mol. The molecule has 0 aliphatic heterocycles. The van der Waals surface area contributed by atoms with Gasteiger partial charge in [0.25, 0.3) is 0 Å². The van der Waals surface area contributed by atoms with E-state index in [9.17, 15) is 0 Å². The van der Waals surface area contributed by atoms with Crippen LogP contribution in [0.5, 0.6) is 0 Å². The standard InChI is InChI=1S/C43H31NS/c1-43(2)37-20-10-8-18-33(37)36-27-30(24-26-38(36)43)44(39-21-11-9-16-31(39)28-13-4-3-5-14-28)40-22-12-19-34-35-25-23-29-15-6-7-17-32(29)41(35)45-42(34)40/h3-27H,1-2H3. The normalized spacial score (nSPS) is 13.3. The second kappa shape index (κ2) is 9.92. The lowest BCUT2D eigenvalue weighted by atomic mass is 9.82. The molecule has 214 valence electrons. The van der Waals surface area contributed by atoms with Crippen molar-refractivity contribution in [1.29, 1.82) is 0 Å². The summed E-state index contributed by atoms with van der Waals surface area (Å²) in [6.07, 6.45) is 0. The van der Waals surface area contributed by atoms with Gasteiger partial charge in [-0.2, -0.15) is 0 Å². The Morgan fingerprint density at radius 3 is 2.02 bits per heavy atom. The maximum atomic E-state index is 2.50. The van der Waals surface area contributed by atoms with Crippen LogP contribution >= 0.6 is 11.3 Å². The van der Waals surface area contributed by atoms with Crippen LogP contribution in [0.4, 0.5) is 17.1 Å². The number of fused-ring (bicyclic) bond motifs is 8. The summed E-state index contributed by atoms with van der Waals surface area (Å²) in [6, 6.07) is 55.8. The zero-order chi connectivity index (χ0) is 30.1. The second-order valence-corrected chi connectivity index (χ2v) is 13.6. The summed E-state index contributed by atoms with van der Waals surface area (Å²) in [5, 5.41) is 5.21. The van der Waals surface area contributed by atoms with Crippen LogP contribution in [0.15, 0.2) is 152 Å². The lowest BCUT2D eigenvalue weighted by Gasteiger charge is -2.29. The van der Waals surface area contributed by atoms with Gasteiger partial charge in [-0.05, 0) is 62.9 Å². The van der Waals surface area contributed by atoms with E-state index in [2.05, 4.69) is 170 Å². The van der Waals surface area contributed by atoms with Gasteiger partial charge in [0.1, 0.15) is 0 Å². The van der Waals surface area contributed by atoms with Gasteiger partial charge < -0.3 is 4.90 Å². The highest BCUT2D eigenvalue weighted by atomic mass is 32.1. The molecule has 0 saturated heterocycles. The molecule has 0 saturated carbocycles. The van der Waals surface area contributed by atoms with E-state index in [1.807, 2.05) is 11.3 Å². The average molecular weight is 594 g/mol. The topological polar surface area (TPSA) is 3.24 Å². The highest BCUT2D eigenvalue weighted by Crippen LogP contribution is 2.52. The van der Waals surface area contributed by atoms with E-state index >= 15 is 0 Å². The summed E-state index contributed by atoms with van der Waals surface area (Å²) >= 11 is 1.91. The lowest BCUT2D eigenvalue weighted by Crippen LogP contribution is -2.15. The van der Waals surface area contributed by atoms with E-state index in [-0.39, 0.29) is 5.41 Å². The van der Waals surface area contributed by atoms with Crippen molar-refractivity contribution in [3.05, 3.63) is 163 Å². The number of benzene rings is 7. The first-order chi connectivity index (χ1) is 22.1. The molecule has 45 heavy (non-hydrogen) atoms. The van der Waals surface area contributed by atoms with Gasteiger partial charge in [-0.25, -0.2) is 0 Å². The third-order valence-electron chi connectivity index (χ3n) is 9.66. The maximum Gasteiger partial charge on any atom is 0.0640 e. The van der Waals surface area contributed by atoms with Crippen molar-refractivity contribution in [1.82, 2.24) is 0 Å². The van der Waals surface area contributed by atoms with E-state index in [1.54, 1.807) is 0 Å². The lowest BCUT2D eigenvalue weighted by molar-refractivity contribution is 0.660. The molecule has 8 aromatic rings. The molecule has 0 atom stereocenters. The zero-order valence-corrected chi connectivity index (χ0v) is 26.1. The summed E-state index contributed by atoms with van der Waals surface area (Å²) in [5.74, 6) is 0. The number of para-hydroxylation sites is 1. The van der Waals surface area contributed by atoms with Crippen LogP contribution in [0.25, 0.3) is 53.2 Å². The van der Waals surface area contributed by atoms with Crippen molar-refractivity contribution in [2.75, 3.05) is 4.90 Å². The molecule has 1 nitrogen and oxygen atoms in total. The van der Waals surface area contributed by atoms with E-state index < -0.39 is 0 Å². The fourth-order valence-corrected chi connectivity index (χ4v) is 8.81. The van der Waals surface area contributed by atoms with Crippen molar-refractivity contribution in [2.24, 2.45) is 0 Å². The zero-order valence-electron chi connectivity index (χ0n) is 25.3. The van der Waals surface area contributed by atoms with Gasteiger partial charge in [0, 0.05) is 32.1 Å². The van der Waals surface area contributed by atoms with Gasteiger partial charge in [-0.1, -0.05) is 141 Å². The summed E-state index contributed by atoms with van der Waals surface area (Å²) in [5.41, 5.74) is 11.4. The van der Waals surface area contributed by atoms with E-state index in [1.165, 1.54) is 81.4 Å². The van der Waals surface area contributed by atoms with Crippen LogP contribution < -0.4 is 4.90 Å². The number of thiophene rings is 1. The first-order valence-corrected chi connectivity index (χ1v) is 16.4. The Bertz CT molecular complexity index is 2410. The molecule has 0 radical (unpaired) electrons. The van der Waals surface area contributed by atoms with Crippen LogP contribution in [0.1, 0.15) is 25.0 Å². The molecule has 9 rings (SSSR count). The number of anilines is 3. The Hall–Kier alpha value is -5.18. The minimum absolute atomic E-state index is 0.0379. The molecule has 0 fully saturated rings. The number of hydrogen-bond acceptors (Lipinski definition) is 2. The van der Waals surface area contributed by atoms with Crippen LogP contribution in [-0.2, 0) is 5.41 Å².